The van der Waals surface area contributed by atoms with Gasteiger partial charge in [-0.3, -0.25) is 9.59 Å². The van der Waals surface area contributed by atoms with Crippen molar-refractivity contribution >= 4 is 23.2 Å². The van der Waals surface area contributed by atoms with Crippen LogP contribution in [0.4, 0.5) is 4.39 Å². The van der Waals surface area contributed by atoms with Crippen LogP contribution in [0.1, 0.15) is 30.3 Å². The Morgan fingerprint density at radius 1 is 1.18 bits per heavy atom. The number of halogens is 1. The second-order valence-corrected chi connectivity index (χ2v) is 10.4. The number of amides is 2. The van der Waals surface area contributed by atoms with Gasteiger partial charge in [-0.2, -0.15) is 4.98 Å². The number of nitrogens with one attached hydrogen (secondary N) is 1. The molecule has 2 amide bonds. The highest BCUT2D eigenvalue weighted by atomic mass is 32.1. The van der Waals surface area contributed by atoms with Crippen LogP contribution in [0.15, 0.2) is 63.0 Å². The molecule has 4 aromatic rings. The van der Waals surface area contributed by atoms with Crippen molar-refractivity contribution in [3.63, 3.8) is 0 Å². The predicted molar refractivity (Wildman–Crippen MR) is 146 cm³/mol. The van der Waals surface area contributed by atoms with Crippen LogP contribution in [0, 0.1) is 5.82 Å². The molecule has 0 aliphatic carbocycles. The second kappa shape index (κ2) is 12.9. The minimum Gasteiger partial charge on any atom is -0.493 e. The Bertz CT molecular complexity index is 1410. The zero-order valence-electron chi connectivity index (χ0n) is 22.0. The molecule has 210 valence electrons. The fraction of sp³-hybridized carbons (Fsp3) is 0.357. The Balaban J connectivity index is 1.04. The fourth-order valence-electron chi connectivity index (χ4n) is 4.50. The van der Waals surface area contributed by atoms with Crippen LogP contribution in [0.25, 0.3) is 22.2 Å². The summed E-state index contributed by atoms with van der Waals surface area (Å²) in [5.74, 6) is 0.156. The second-order valence-electron chi connectivity index (χ2n) is 9.44. The van der Waals surface area contributed by atoms with E-state index < -0.39 is 17.8 Å². The monoisotopic (exact) mass is 567 g/mol. The van der Waals surface area contributed by atoms with Gasteiger partial charge in [-0.1, -0.05) is 11.2 Å². The average molecular weight is 568 g/mol. The summed E-state index contributed by atoms with van der Waals surface area (Å²) in [5, 5.41) is 8.51. The number of aromatic nitrogens is 2. The van der Waals surface area contributed by atoms with E-state index in [0.717, 1.165) is 37.4 Å². The SMILES string of the molecule is C[C@H](NC(=O)c1ccco1)C(=O)N1CCCN(CCCOc2ccc(-c3noc(-c4cccs4)n3)c(F)c2)CC1. The van der Waals surface area contributed by atoms with E-state index in [1.807, 2.05) is 17.5 Å². The van der Waals surface area contributed by atoms with Crippen molar-refractivity contribution in [1.29, 1.82) is 0 Å². The molecule has 1 fully saturated rings. The first kappa shape index (κ1) is 27.5. The summed E-state index contributed by atoms with van der Waals surface area (Å²) in [7, 11) is 0. The third-order valence-electron chi connectivity index (χ3n) is 6.59. The maximum Gasteiger partial charge on any atom is 0.287 e. The minimum atomic E-state index is -0.646. The Morgan fingerprint density at radius 2 is 2.08 bits per heavy atom. The van der Waals surface area contributed by atoms with E-state index in [2.05, 4.69) is 20.4 Å². The van der Waals surface area contributed by atoms with Gasteiger partial charge in [0.25, 0.3) is 11.8 Å². The molecule has 10 nitrogen and oxygen atoms in total. The van der Waals surface area contributed by atoms with E-state index in [0.29, 0.717) is 31.3 Å². The number of carbonyl (C=O) groups excluding carboxylic acids is 2. The van der Waals surface area contributed by atoms with Crippen LogP contribution in [0.5, 0.6) is 5.75 Å². The van der Waals surface area contributed by atoms with Crippen molar-refractivity contribution in [1.82, 2.24) is 25.3 Å². The molecule has 1 atom stereocenters. The van der Waals surface area contributed by atoms with Gasteiger partial charge < -0.3 is 28.8 Å². The molecule has 5 rings (SSSR count). The van der Waals surface area contributed by atoms with Gasteiger partial charge in [0.1, 0.15) is 17.6 Å². The van der Waals surface area contributed by atoms with Gasteiger partial charge in [0.05, 0.1) is 23.3 Å². The van der Waals surface area contributed by atoms with Gasteiger partial charge in [-0.25, -0.2) is 4.39 Å². The topological polar surface area (TPSA) is 114 Å². The number of thiophene rings is 1. The molecule has 1 aliphatic heterocycles. The normalized spacial score (nSPS) is 15.0. The third kappa shape index (κ3) is 6.75. The highest BCUT2D eigenvalue weighted by molar-refractivity contribution is 7.13. The van der Waals surface area contributed by atoms with E-state index in [1.165, 1.54) is 23.7 Å². The first-order chi connectivity index (χ1) is 19.5. The van der Waals surface area contributed by atoms with Crippen LogP contribution in [-0.2, 0) is 4.79 Å². The van der Waals surface area contributed by atoms with Gasteiger partial charge in [0.15, 0.2) is 5.76 Å². The predicted octanol–water partition coefficient (Wildman–Crippen LogP) is 4.32. The van der Waals surface area contributed by atoms with Crippen molar-refractivity contribution in [3.05, 3.63) is 65.7 Å². The summed E-state index contributed by atoms with van der Waals surface area (Å²) < 4.78 is 30.9. The molecule has 0 saturated carbocycles. The minimum absolute atomic E-state index is 0.112. The standard InChI is InChI=1S/C28H30FN5O5S/c1-19(30-26(35)23-6-2-15-38-23)28(36)34-12-4-10-33(13-14-34)11-5-16-37-20-8-9-21(22(29)18-20)25-31-27(39-32-25)24-7-3-17-40-24/h2-3,6-9,15,17-19H,4-5,10-14,16H2,1H3,(H,30,35)/t19-/m0/s1. The number of benzene rings is 1. The molecule has 0 radical (unpaired) electrons. The number of hydrogen-bond donors (Lipinski definition) is 1. The highest BCUT2D eigenvalue weighted by Crippen LogP contribution is 2.28. The quantitative estimate of drug-likeness (QED) is 0.282. The molecular weight excluding hydrogens is 537 g/mol. The Labute approximate surface area is 234 Å². The number of ether oxygens (including phenoxy) is 1. The Kier molecular flexibility index (Phi) is 8.87. The number of rotatable bonds is 10. The summed E-state index contributed by atoms with van der Waals surface area (Å²) in [4.78, 5) is 34.3. The Hall–Kier alpha value is -4.03. The first-order valence-corrected chi connectivity index (χ1v) is 14.0. The van der Waals surface area contributed by atoms with Crippen molar-refractivity contribution in [2.45, 2.75) is 25.8 Å². The molecule has 1 aliphatic rings. The average Bonchev–Trinajstić information content (AvgIpc) is 3.73. The maximum absolute atomic E-state index is 14.8. The Morgan fingerprint density at radius 3 is 2.85 bits per heavy atom. The summed E-state index contributed by atoms with van der Waals surface area (Å²) in [6.45, 7) is 5.71. The van der Waals surface area contributed by atoms with E-state index in [4.69, 9.17) is 13.7 Å². The van der Waals surface area contributed by atoms with Crippen LogP contribution >= 0.6 is 11.3 Å². The molecule has 40 heavy (non-hydrogen) atoms. The molecular formula is C28H30FN5O5S. The zero-order valence-corrected chi connectivity index (χ0v) is 22.9. The van der Waals surface area contributed by atoms with Crippen LogP contribution in [0.3, 0.4) is 0 Å². The van der Waals surface area contributed by atoms with Gasteiger partial charge >= 0.3 is 0 Å². The third-order valence-corrected chi connectivity index (χ3v) is 7.45. The van der Waals surface area contributed by atoms with Crippen LogP contribution in [-0.4, -0.2) is 77.1 Å². The van der Waals surface area contributed by atoms with E-state index >= 15 is 0 Å². The van der Waals surface area contributed by atoms with Gasteiger partial charge in [-0.05, 0) is 62.0 Å². The van der Waals surface area contributed by atoms with Crippen LogP contribution < -0.4 is 10.1 Å². The molecule has 0 unspecified atom stereocenters. The lowest BCUT2D eigenvalue weighted by Crippen LogP contribution is -2.48. The summed E-state index contributed by atoms with van der Waals surface area (Å²) >= 11 is 1.47. The smallest absolute Gasteiger partial charge is 0.287 e. The highest BCUT2D eigenvalue weighted by Gasteiger charge is 2.25. The molecule has 1 aromatic carbocycles. The van der Waals surface area contributed by atoms with Gasteiger partial charge in [0, 0.05) is 32.2 Å². The number of carbonyl (C=O) groups is 2. The molecule has 0 bridgehead atoms. The van der Waals surface area contributed by atoms with Crippen molar-refractivity contribution < 1.29 is 27.7 Å². The summed E-state index contributed by atoms with van der Waals surface area (Å²) in [5.41, 5.74) is 0.248. The van der Waals surface area contributed by atoms with E-state index in [9.17, 15) is 14.0 Å². The zero-order chi connectivity index (χ0) is 27.9. The molecule has 0 spiro atoms. The molecule has 1 saturated heterocycles. The van der Waals surface area contributed by atoms with Crippen molar-refractivity contribution in [3.8, 4) is 27.9 Å². The summed E-state index contributed by atoms with van der Waals surface area (Å²) in [6.07, 6.45) is 3.01. The van der Waals surface area contributed by atoms with Gasteiger partial charge in [-0.15, -0.1) is 11.3 Å². The van der Waals surface area contributed by atoms with Crippen LogP contribution in [0.2, 0.25) is 0 Å². The lowest BCUT2D eigenvalue weighted by Gasteiger charge is -2.25. The van der Waals surface area contributed by atoms with E-state index in [-0.39, 0.29) is 23.1 Å². The maximum atomic E-state index is 14.8. The molecule has 12 heteroatoms. The molecule has 3 aromatic heterocycles. The number of furan rings is 1. The van der Waals surface area contributed by atoms with Gasteiger partial charge in [0.2, 0.25) is 11.7 Å². The molecule has 1 N–H and O–H groups in total. The largest absolute Gasteiger partial charge is 0.493 e. The summed E-state index contributed by atoms with van der Waals surface area (Å²) in [6, 6.07) is 10.9. The fourth-order valence-corrected chi connectivity index (χ4v) is 5.15. The van der Waals surface area contributed by atoms with E-state index in [1.54, 1.807) is 36.1 Å². The number of hydrogen-bond acceptors (Lipinski definition) is 9. The lowest BCUT2D eigenvalue weighted by atomic mass is 10.2. The molecule has 4 heterocycles. The number of nitrogens with zero attached hydrogens (tertiary/aromatic N) is 4. The van der Waals surface area contributed by atoms with Crippen molar-refractivity contribution in [2.24, 2.45) is 0 Å². The lowest BCUT2D eigenvalue weighted by molar-refractivity contribution is -0.132. The van der Waals surface area contributed by atoms with Crippen molar-refractivity contribution in [2.75, 3.05) is 39.3 Å². The first-order valence-electron chi connectivity index (χ1n) is 13.1.